The number of nitrogens with zero attached hydrogens (tertiary/aromatic N) is 3. The molecule has 0 fully saturated rings. The van der Waals surface area contributed by atoms with Gasteiger partial charge in [-0.25, -0.2) is 9.37 Å². The number of anilines is 2. The maximum Gasteiger partial charge on any atom is 0.234 e. The van der Waals surface area contributed by atoms with Gasteiger partial charge in [-0.2, -0.15) is 0 Å². The van der Waals surface area contributed by atoms with Gasteiger partial charge in [-0.3, -0.25) is 4.79 Å². The minimum absolute atomic E-state index is 0.0865. The standard InChI is InChI=1S/C21H23FN4OS/c1-4-26-19(15-5-7-16(22)8-6-15)13-23-21(26)28-14-20(27)24-17-9-11-18(12-10-17)25(2)3/h5-13H,4,14H2,1-3H3,(H,24,27). The number of amides is 1. The van der Waals surface area contributed by atoms with Gasteiger partial charge in [0.2, 0.25) is 5.91 Å². The summed E-state index contributed by atoms with van der Waals surface area (Å²) in [6.07, 6.45) is 1.76. The quantitative estimate of drug-likeness (QED) is 0.595. The summed E-state index contributed by atoms with van der Waals surface area (Å²) in [5.41, 5.74) is 3.64. The maximum atomic E-state index is 13.2. The third kappa shape index (κ3) is 4.72. The predicted molar refractivity (Wildman–Crippen MR) is 113 cm³/mol. The largest absolute Gasteiger partial charge is 0.378 e. The zero-order chi connectivity index (χ0) is 20.1. The minimum Gasteiger partial charge on any atom is -0.378 e. The zero-order valence-corrected chi connectivity index (χ0v) is 17.0. The number of nitrogens with one attached hydrogen (secondary N) is 1. The van der Waals surface area contributed by atoms with E-state index >= 15 is 0 Å². The number of rotatable bonds is 7. The number of carbonyl (C=O) groups is 1. The topological polar surface area (TPSA) is 50.2 Å². The Labute approximate surface area is 168 Å². The van der Waals surface area contributed by atoms with Crippen LogP contribution < -0.4 is 10.2 Å². The number of hydrogen-bond acceptors (Lipinski definition) is 4. The van der Waals surface area contributed by atoms with Crippen molar-refractivity contribution in [1.29, 1.82) is 0 Å². The van der Waals surface area contributed by atoms with Crippen molar-refractivity contribution in [1.82, 2.24) is 9.55 Å². The Bertz CT molecular complexity index is 936. The highest BCUT2D eigenvalue weighted by Gasteiger charge is 2.13. The lowest BCUT2D eigenvalue weighted by Crippen LogP contribution is -2.15. The molecule has 1 heterocycles. The number of benzene rings is 2. The van der Waals surface area contributed by atoms with Gasteiger partial charge in [-0.1, -0.05) is 11.8 Å². The minimum atomic E-state index is -0.267. The lowest BCUT2D eigenvalue weighted by molar-refractivity contribution is -0.113. The van der Waals surface area contributed by atoms with Crippen molar-refractivity contribution in [2.45, 2.75) is 18.6 Å². The number of aromatic nitrogens is 2. The second-order valence-corrected chi connectivity index (χ2v) is 7.40. The fraction of sp³-hybridized carbons (Fsp3) is 0.238. The molecule has 0 bridgehead atoms. The molecule has 0 aliphatic heterocycles. The van der Waals surface area contributed by atoms with Crippen molar-refractivity contribution in [3.8, 4) is 11.3 Å². The molecule has 1 aromatic heterocycles. The SMILES string of the molecule is CCn1c(-c2ccc(F)cc2)cnc1SCC(=O)Nc1ccc(N(C)C)cc1. The zero-order valence-electron chi connectivity index (χ0n) is 16.1. The Hall–Kier alpha value is -2.80. The highest BCUT2D eigenvalue weighted by Crippen LogP contribution is 2.26. The summed E-state index contributed by atoms with van der Waals surface area (Å²) in [5.74, 6) is -0.0947. The fourth-order valence-corrected chi connectivity index (χ4v) is 3.64. The van der Waals surface area contributed by atoms with Crippen LogP contribution in [0.1, 0.15) is 6.92 Å². The highest BCUT2D eigenvalue weighted by molar-refractivity contribution is 7.99. The van der Waals surface area contributed by atoms with Crippen LogP contribution in [0.15, 0.2) is 59.9 Å². The smallest absolute Gasteiger partial charge is 0.234 e. The van der Waals surface area contributed by atoms with Gasteiger partial charge in [-0.15, -0.1) is 0 Å². The van der Waals surface area contributed by atoms with Crippen molar-refractivity contribution in [3.63, 3.8) is 0 Å². The second-order valence-electron chi connectivity index (χ2n) is 6.46. The monoisotopic (exact) mass is 398 g/mol. The van der Waals surface area contributed by atoms with Crippen LogP contribution in [0.25, 0.3) is 11.3 Å². The fourth-order valence-electron chi connectivity index (χ4n) is 2.80. The van der Waals surface area contributed by atoms with Gasteiger partial charge in [0.15, 0.2) is 5.16 Å². The van der Waals surface area contributed by atoms with E-state index in [0.717, 1.165) is 27.8 Å². The van der Waals surface area contributed by atoms with E-state index in [-0.39, 0.29) is 17.5 Å². The van der Waals surface area contributed by atoms with Gasteiger partial charge in [0.1, 0.15) is 5.82 Å². The van der Waals surface area contributed by atoms with Crippen LogP contribution in [-0.4, -0.2) is 35.3 Å². The van der Waals surface area contributed by atoms with Gasteiger partial charge >= 0.3 is 0 Å². The predicted octanol–water partition coefficient (Wildman–Crippen LogP) is 4.51. The Morgan fingerprint density at radius 2 is 1.82 bits per heavy atom. The number of thioether (sulfide) groups is 1. The van der Waals surface area contributed by atoms with E-state index in [9.17, 15) is 9.18 Å². The van der Waals surface area contributed by atoms with Crippen molar-refractivity contribution in [3.05, 3.63) is 60.5 Å². The lowest BCUT2D eigenvalue weighted by atomic mass is 10.1. The number of carbonyl (C=O) groups excluding carboxylic acids is 1. The molecule has 7 heteroatoms. The Morgan fingerprint density at radius 3 is 2.43 bits per heavy atom. The van der Waals surface area contributed by atoms with Gasteiger partial charge in [-0.05, 0) is 61.0 Å². The maximum absolute atomic E-state index is 13.2. The molecule has 3 aromatic rings. The van der Waals surface area contributed by atoms with Crippen LogP contribution in [0.2, 0.25) is 0 Å². The van der Waals surface area contributed by atoms with E-state index in [1.165, 1.54) is 23.9 Å². The molecule has 1 N–H and O–H groups in total. The van der Waals surface area contributed by atoms with E-state index in [1.54, 1.807) is 18.3 Å². The van der Waals surface area contributed by atoms with Gasteiger partial charge in [0.25, 0.3) is 0 Å². The van der Waals surface area contributed by atoms with Crippen LogP contribution >= 0.6 is 11.8 Å². The molecule has 2 aromatic carbocycles. The summed E-state index contributed by atoms with van der Waals surface area (Å²) >= 11 is 1.38. The molecule has 0 saturated carbocycles. The average molecular weight is 399 g/mol. The normalized spacial score (nSPS) is 10.7. The van der Waals surface area contributed by atoms with Gasteiger partial charge < -0.3 is 14.8 Å². The van der Waals surface area contributed by atoms with Crippen molar-refractivity contribution >= 4 is 29.0 Å². The van der Waals surface area contributed by atoms with Crippen molar-refractivity contribution in [2.75, 3.05) is 30.1 Å². The Kier molecular flexibility index (Phi) is 6.36. The summed E-state index contributed by atoms with van der Waals surface area (Å²) in [5, 5.41) is 3.67. The number of halogens is 1. The molecular weight excluding hydrogens is 375 g/mol. The lowest BCUT2D eigenvalue weighted by Gasteiger charge is -2.13. The molecule has 0 saturated heterocycles. The van der Waals surface area contributed by atoms with Crippen LogP contribution in [-0.2, 0) is 11.3 Å². The van der Waals surface area contributed by atoms with Gasteiger partial charge in [0.05, 0.1) is 17.6 Å². The van der Waals surface area contributed by atoms with Crippen molar-refractivity contribution in [2.24, 2.45) is 0 Å². The van der Waals surface area contributed by atoms with E-state index in [1.807, 2.05) is 54.8 Å². The van der Waals surface area contributed by atoms with Crippen LogP contribution in [0.5, 0.6) is 0 Å². The molecule has 146 valence electrons. The third-order valence-corrected chi connectivity index (χ3v) is 5.27. The first-order valence-corrected chi connectivity index (χ1v) is 9.98. The Morgan fingerprint density at radius 1 is 1.14 bits per heavy atom. The summed E-state index contributed by atoms with van der Waals surface area (Å²) in [6.45, 7) is 2.73. The second kappa shape index (κ2) is 8.93. The molecule has 5 nitrogen and oxygen atoms in total. The Balaban J connectivity index is 1.64. The molecular formula is C21H23FN4OS. The van der Waals surface area contributed by atoms with Gasteiger partial charge in [0, 0.05) is 32.0 Å². The van der Waals surface area contributed by atoms with E-state index < -0.39 is 0 Å². The molecule has 28 heavy (non-hydrogen) atoms. The van der Waals surface area contributed by atoms with Crippen molar-refractivity contribution < 1.29 is 9.18 Å². The summed E-state index contributed by atoms with van der Waals surface area (Å²) in [7, 11) is 3.94. The van der Waals surface area contributed by atoms with E-state index in [2.05, 4.69) is 10.3 Å². The summed E-state index contributed by atoms with van der Waals surface area (Å²) < 4.78 is 15.2. The molecule has 0 aliphatic rings. The molecule has 0 spiro atoms. The first kappa shape index (κ1) is 19.9. The summed E-state index contributed by atoms with van der Waals surface area (Å²) in [4.78, 5) is 18.7. The number of imidazole rings is 1. The van der Waals surface area contributed by atoms with E-state index in [4.69, 9.17) is 0 Å². The average Bonchev–Trinajstić information content (AvgIpc) is 3.10. The third-order valence-electron chi connectivity index (χ3n) is 4.28. The van der Waals surface area contributed by atoms with Crippen LogP contribution in [0.4, 0.5) is 15.8 Å². The molecule has 3 rings (SSSR count). The number of hydrogen-bond donors (Lipinski definition) is 1. The molecule has 1 amide bonds. The molecule has 0 aliphatic carbocycles. The highest BCUT2D eigenvalue weighted by atomic mass is 32.2. The van der Waals surface area contributed by atoms with Crippen LogP contribution in [0, 0.1) is 5.82 Å². The first-order chi connectivity index (χ1) is 13.5. The van der Waals surface area contributed by atoms with E-state index in [0.29, 0.717) is 6.54 Å². The van der Waals surface area contributed by atoms with Crippen LogP contribution in [0.3, 0.4) is 0 Å². The first-order valence-electron chi connectivity index (χ1n) is 8.99. The summed E-state index contributed by atoms with van der Waals surface area (Å²) in [6, 6.07) is 14.0. The molecule has 0 atom stereocenters. The molecule has 0 radical (unpaired) electrons. The molecule has 0 unspecified atom stereocenters.